The average molecular weight is 272 g/mol. The molecule has 3 rings (SSSR count). The van der Waals surface area contributed by atoms with Crippen LogP contribution < -0.4 is 10.6 Å². The van der Waals surface area contributed by atoms with Crippen LogP contribution in [0.1, 0.15) is 31.2 Å². The maximum Gasteiger partial charge on any atom is 0.220 e. The van der Waals surface area contributed by atoms with Crippen LogP contribution in [0.5, 0.6) is 0 Å². The summed E-state index contributed by atoms with van der Waals surface area (Å²) in [4.78, 5) is 11.9. The van der Waals surface area contributed by atoms with E-state index in [1.54, 1.807) is 0 Å². The Bertz CT molecular complexity index is 440. The third-order valence-electron chi connectivity index (χ3n) is 4.55. The number of carbonyl (C=O) groups excluding carboxylic acids is 1. The number of amides is 1. The molecule has 0 bridgehead atoms. The molecule has 0 spiro atoms. The number of hydrogen-bond acceptors (Lipinski definition) is 2. The predicted octanol–water partition coefficient (Wildman–Crippen LogP) is 2.12. The van der Waals surface area contributed by atoms with Gasteiger partial charge in [-0.05, 0) is 56.2 Å². The first kappa shape index (κ1) is 13.6. The quantitative estimate of drug-likeness (QED) is 0.833. The fraction of sp³-hybridized carbons (Fsp3) is 0.588. The van der Waals surface area contributed by atoms with Crippen LogP contribution in [-0.2, 0) is 11.2 Å². The molecule has 1 aliphatic carbocycles. The molecule has 1 saturated heterocycles. The van der Waals surface area contributed by atoms with Crippen LogP contribution in [0.15, 0.2) is 30.3 Å². The van der Waals surface area contributed by atoms with E-state index < -0.39 is 0 Å². The molecule has 3 nitrogen and oxygen atoms in total. The summed E-state index contributed by atoms with van der Waals surface area (Å²) in [7, 11) is 0. The second kappa shape index (κ2) is 6.40. The molecule has 3 atom stereocenters. The molecule has 2 N–H and O–H groups in total. The number of hydrogen-bond donors (Lipinski definition) is 2. The van der Waals surface area contributed by atoms with Crippen molar-refractivity contribution >= 4 is 5.91 Å². The van der Waals surface area contributed by atoms with Crippen molar-refractivity contribution in [2.24, 2.45) is 11.8 Å². The topological polar surface area (TPSA) is 41.1 Å². The van der Waals surface area contributed by atoms with Gasteiger partial charge in [-0.25, -0.2) is 0 Å². The van der Waals surface area contributed by atoms with Gasteiger partial charge in [-0.15, -0.1) is 0 Å². The Balaban J connectivity index is 1.34. The third-order valence-corrected chi connectivity index (χ3v) is 4.55. The molecule has 20 heavy (non-hydrogen) atoms. The second-order valence-corrected chi connectivity index (χ2v) is 6.26. The minimum absolute atomic E-state index is 0.248. The van der Waals surface area contributed by atoms with Gasteiger partial charge in [-0.3, -0.25) is 4.79 Å². The Hall–Kier alpha value is -1.35. The largest absolute Gasteiger partial charge is 0.353 e. The first-order valence-corrected chi connectivity index (χ1v) is 7.85. The molecule has 3 unspecified atom stereocenters. The van der Waals surface area contributed by atoms with E-state index in [-0.39, 0.29) is 5.91 Å². The lowest BCUT2D eigenvalue weighted by molar-refractivity contribution is -0.121. The Morgan fingerprint density at radius 2 is 2.15 bits per heavy atom. The summed E-state index contributed by atoms with van der Waals surface area (Å²) in [5, 5.41) is 6.54. The third kappa shape index (κ3) is 3.83. The van der Waals surface area contributed by atoms with Crippen molar-refractivity contribution in [2.45, 2.75) is 38.1 Å². The first-order chi connectivity index (χ1) is 9.81. The fourth-order valence-corrected chi connectivity index (χ4v) is 3.14. The van der Waals surface area contributed by atoms with Gasteiger partial charge in [-0.2, -0.15) is 0 Å². The van der Waals surface area contributed by atoms with Crippen LogP contribution in [0.2, 0.25) is 0 Å². The van der Waals surface area contributed by atoms with E-state index in [9.17, 15) is 4.79 Å². The number of benzene rings is 1. The molecule has 0 radical (unpaired) electrons. The van der Waals surface area contributed by atoms with E-state index in [0.717, 1.165) is 32.4 Å². The monoisotopic (exact) mass is 272 g/mol. The highest BCUT2D eigenvalue weighted by Gasteiger charge is 2.37. The fourth-order valence-electron chi connectivity index (χ4n) is 3.14. The standard InChI is InChI=1S/C17H24N2O/c20-17(7-6-14-8-9-18-12-14)19-16-11-15(16)10-13-4-2-1-3-5-13/h1-5,14-16,18H,6-12H2,(H,19,20). The van der Waals surface area contributed by atoms with Gasteiger partial charge in [-0.1, -0.05) is 30.3 Å². The van der Waals surface area contributed by atoms with Crippen LogP contribution in [0.25, 0.3) is 0 Å². The molecular weight excluding hydrogens is 248 g/mol. The lowest BCUT2D eigenvalue weighted by Gasteiger charge is -2.08. The molecule has 1 aromatic rings. The molecule has 3 heteroatoms. The Morgan fingerprint density at radius 1 is 1.30 bits per heavy atom. The van der Waals surface area contributed by atoms with E-state index in [4.69, 9.17) is 0 Å². The van der Waals surface area contributed by atoms with E-state index in [1.165, 1.54) is 12.0 Å². The lowest BCUT2D eigenvalue weighted by Crippen LogP contribution is -2.27. The number of nitrogens with one attached hydrogen (secondary N) is 2. The summed E-state index contributed by atoms with van der Waals surface area (Å²) in [6, 6.07) is 11.0. The van der Waals surface area contributed by atoms with Gasteiger partial charge in [0.15, 0.2) is 0 Å². The summed E-state index contributed by atoms with van der Waals surface area (Å²) in [5.41, 5.74) is 1.38. The van der Waals surface area contributed by atoms with Gasteiger partial charge in [0.25, 0.3) is 0 Å². The summed E-state index contributed by atoms with van der Waals surface area (Å²) < 4.78 is 0. The van der Waals surface area contributed by atoms with E-state index >= 15 is 0 Å². The van der Waals surface area contributed by atoms with E-state index in [2.05, 4.69) is 34.9 Å². The Morgan fingerprint density at radius 3 is 2.90 bits per heavy atom. The van der Waals surface area contributed by atoms with Gasteiger partial charge in [0.05, 0.1) is 0 Å². The lowest BCUT2D eigenvalue weighted by atomic mass is 10.0. The highest BCUT2D eigenvalue weighted by molar-refractivity contribution is 5.76. The summed E-state index contributed by atoms with van der Waals surface area (Å²) >= 11 is 0. The van der Waals surface area contributed by atoms with Crippen molar-refractivity contribution in [2.75, 3.05) is 13.1 Å². The zero-order valence-corrected chi connectivity index (χ0v) is 12.0. The van der Waals surface area contributed by atoms with Crippen LogP contribution in [0, 0.1) is 11.8 Å². The first-order valence-electron chi connectivity index (χ1n) is 7.85. The van der Waals surface area contributed by atoms with Crippen molar-refractivity contribution in [3.05, 3.63) is 35.9 Å². The summed E-state index contributed by atoms with van der Waals surface area (Å²) in [6.45, 7) is 2.21. The molecule has 2 fully saturated rings. The molecule has 1 heterocycles. The molecule has 1 saturated carbocycles. The number of carbonyl (C=O) groups is 1. The van der Waals surface area contributed by atoms with Gasteiger partial charge in [0.1, 0.15) is 0 Å². The van der Waals surface area contributed by atoms with Crippen molar-refractivity contribution in [1.82, 2.24) is 10.6 Å². The average Bonchev–Trinajstić information content (AvgIpc) is 2.98. The summed E-state index contributed by atoms with van der Waals surface area (Å²) in [6.07, 6.45) is 5.20. The van der Waals surface area contributed by atoms with Crippen molar-refractivity contribution in [3.63, 3.8) is 0 Å². The maximum absolute atomic E-state index is 11.9. The zero-order valence-electron chi connectivity index (χ0n) is 12.0. The Labute approximate surface area is 121 Å². The van der Waals surface area contributed by atoms with Gasteiger partial charge in [0.2, 0.25) is 5.91 Å². The van der Waals surface area contributed by atoms with Gasteiger partial charge >= 0.3 is 0 Å². The van der Waals surface area contributed by atoms with Crippen LogP contribution >= 0.6 is 0 Å². The van der Waals surface area contributed by atoms with Crippen LogP contribution in [-0.4, -0.2) is 25.0 Å². The number of rotatable bonds is 6. The minimum atomic E-state index is 0.248. The van der Waals surface area contributed by atoms with E-state index in [1.807, 2.05) is 6.07 Å². The normalized spacial score (nSPS) is 28.3. The molecule has 1 aromatic carbocycles. The Kier molecular flexibility index (Phi) is 4.36. The van der Waals surface area contributed by atoms with Crippen molar-refractivity contribution < 1.29 is 4.79 Å². The van der Waals surface area contributed by atoms with Crippen LogP contribution in [0.4, 0.5) is 0 Å². The highest BCUT2D eigenvalue weighted by atomic mass is 16.1. The molecule has 108 valence electrons. The molecule has 0 aromatic heterocycles. The highest BCUT2D eigenvalue weighted by Crippen LogP contribution is 2.33. The minimum Gasteiger partial charge on any atom is -0.353 e. The van der Waals surface area contributed by atoms with Crippen LogP contribution in [0.3, 0.4) is 0 Å². The molecular formula is C17H24N2O. The predicted molar refractivity (Wildman–Crippen MR) is 80.4 cm³/mol. The van der Waals surface area contributed by atoms with Crippen molar-refractivity contribution in [1.29, 1.82) is 0 Å². The molecule has 2 aliphatic rings. The SMILES string of the molecule is O=C(CCC1CCNC1)NC1CC1Cc1ccccc1. The van der Waals surface area contributed by atoms with Gasteiger partial charge in [0, 0.05) is 12.5 Å². The smallest absolute Gasteiger partial charge is 0.220 e. The summed E-state index contributed by atoms with van der Waals surface area (Å²) in [5.74, 6) is 1.60. The molecule has 1 aliphatic heterocycles. The maximum atomic E-state index is 11.9. The zero-order chi connectivity index (χ0) is 13.8. The van der Waals surface area contributed by atoms with E-state index in [0.29, 0.717) is 24.3 Å². The second-order valence-electron chi connectivity index (χ2n) is 6.26. The molecule has 1 amide bonds. The van der Waals surface area contributed by atoms with Crippen molar-refractivity contribution in [3.8, 4) is 0 Å². The van der Waals surface area contributed by atoms with Gasteiger partial charge < -0.3 is 10.6 Å².